The van der Waals surface area contributed by atoms with E-state index < -0.39 is 40.5 Å². The van der Waals surface area contributed by atoms with Gasteiger partial charge in [0.15, 0.2) is 0 Å². The second kappa shape index (κ2) is 8.22. The fourth-order valence-corrected chi connectivity index (χ4v) is 9.74. The highest BCUT2D eigenvalue weighted by Crippen LogP contribution is 2.70. The first-order valence-corrected chi connectivity index (χ1v) is 14.8. The van der Waals surface area contributed by atoms with Crippen LogP contribution < -0.4 is 5.73 Å². The smallest absolute Gasteiger partial charge is 0.121 e. The number of allylic oxidation sites excluding steroid dienone is 1. The van der Waals surface area contributed by atoms with Gasteiger partial charge in [0.25, 0.3) is 0 Å². The zero-order chi connectivity index (χ0) is 27.7. The summed E-state index contributed by atoms with van der Waals surface area (Å²) in [7, 11) is 0. The van der Waals surface area contributed by atoms with Gasteiger partial charge in [-0.15, -0.1) is 0 Å². The molecule has 6 N–H and O–H groups in total. The van der Waals surface area contributed by atoms with Gasteiger partial charge in [-0.05, 0) is 72.8 Å². The molecule has 1 aromatic heterocycles. The number of rotatable bonds is 2. The number of aliphatic hydroxyl groups excluding tert-OH is 3. The van der Waals surface area contributed by atoms with Crippen LogP contribution in [0.5, 0.6) is 0 Å². The molecule has 0 radical (unpaired) electrons. The Bertz CT molecular complexity index is 1460. The van der Waals surface area contributed by atoms with E-state index in [0.29, 0.717) is 31.4 Å². The van der Waals surface area contributed by atoms with E-state index in [-0.39, 0.29) is 18.0 Å². The summed E-state index contributed by atoms with van der Waals surface area (Å²) in [6.45, 7) is 3.62. The SMILES string of the molecule is C[C@]12CC=C3C=C4[C@@H](O)[C@H](O)[C@@H](N5CC[C@@H](N)C5)C[C@]45CCC3(O5)[C@@H]1C[C@@H](O)[C@]2(O)c1ccc2ccncc2c1. The number of pyridine rings is 1. The van der Waals surface area contributed by atoms with Crippen molar-refractivity contribution in [2.75, 3.05) is 13.1 Å². The van der Waals surface area contributed by atoms with E-state index >= 15 is 0 Å². The zero-order valence-corrected chi connectivity index (χ0v) is 22.9. The monoisotopic (exact) mass is 545 g/mol. The predicted molar refractivity (Wildman–Crippen MR) is 149 cm³/mol. The number of nitrogens with zero attached hydrogens (tertiary/aromatic N) is 2. The lowest BCUT2D eigenvalue weighted by Crippen LogP contribution is -2.63. The lowest BCUT2D eigenvalue weighted by atomic mass is 9.56. The van der Waals surface area contributed by atoms with Gasteiger partial charge in [0.05, 0.1) is 23.4 Å². The fourth-order valence-electron chi connectivity index (χ4n) is 9.74. The maximum Gasteiger partial charge on any atom is 0.121 e. The average molecular weight is 546 g/mol. The highest BCUT2D eigenvalue weighted by atomic mass is 16.5. The van der Waals surface area contributed by atoms with E-state index in [0.717, 1.165) is 47.7 Å². The number of hydrogen-bond acceptors (Lipinski definition) is 8. The molecule has 8 heteroatoms. The van der Waals surface area contributed by atoms with Crippen LogP contribution >= 0.6 is 0 Å². The zero-order valence-electron chi connectivity index (χ0n) is 22.9. The maximum absolute atomic E-state index is 12.5. The summed E-state index contributed by atoms with van der Waals surface area (Å²) in [5, 5.41) is 48.8. The highest BCUT2D eigenvalue weighted by Gasteiger charge is 2.73. The summed E-state index contributed by atoms with van der Waals surface area (Å²) in [5.74, 6) is -0.121. The molecule has 2 spiro atoms. The molecule has 2 bridgehead atoms. The predicted octanol–water partition coefficient (Wildman–Crippen LogP) is 1.89. The summed E-state index contributed by atoms with van der Waals surface area (Å²) >= 11 is 0. The highest BCUT2D eigenvalue weighted by molar-refractivity contribution is 5.82. The first-order chi connectivity index (χ1) is 19.1. The minimum atomic E-state index is -1.46. The minimum Gasteiger partial charge on any atom is -0.390 e. The first kappa shape index (κ1) is 25.5. The summed E-state index contributed by atoms with van der Waals surface area (Å²) < 4.78 is 7.24. The van der Waals surface area contributed by atoms with Gasteiger partial charge in [-0.25, -0.2) is 0 Å². The Hall–Kier alpha value is -2.17. The van der Waals surface area contributed by atoms with Crippen molar-refractivity contribution in [3.8, 4) is 0 Å². The van der Waals surface area contributed by atoms with Gasteiger partial charge in [-0.1, -0.05) is 31.2 Å². The number of aliphatic hydroxyl groups is 4. The van der Waals surface area contributed by atoms with Gasteiger partial charge in [-0.2, -0.15) is 0 Å². The molecule has 8 nitrogen and oxygen atoms in total. The molecule has 10 atom stereocenters. The van der Waals surface area contributed by atoms with Crippen molar-refractivity contribution >= 4 is 10.8 Å². The summed E-state index contributed by atoms with van der Waals surface area (Å²) in [5.41, 5.74) is 5.25. The quantitative estimate of drug-likeness (QED) is 0.387. The average Bonchev–Trinajstić information content (AvgIpc) is 3.59. The molecule has 212 valence electrons. The Balaban J connectivity index is 1.20. The van der Waals surface area contributed by atoms with E-state index in [2.05, 4.69) is 29.0 Å². The van der Waals surface area contributed by atoms with Gasteiger partial charge in [0.2, 0.25) is 0 Å². The molecule has 3 aliphatic carbocycles. The second-order valence-electron chi connectivity index (χ2n) is 13.6. The van der Waals surface area contributed by atoms with Crippen LogP contribution in [0, 0.1) is 11.3 Å². The number of ether oxygens (including phenoxy) is 1. The van der Waals surface area contributed by atoms with Crippen LogP contribution in [-0.2, 0) is 10.3 Å². The van der Waals surface area contributed by atoms with E-state index in [4.69, 9.17) is 10.5 Å². The molecule has 4 heterocycles. The molecule has 8 rings (SSSR count). The van der Waals surface area contributed by atoms with Crippen molar-refractivity contribution in [3.05, 3.63) is 65.5 Å². The van der Waals surface area contributed by atoms with Crippen molar-refractivity contribution in [2.24, 2.45) is 17.1 Å². The Morgan fingerprint density at radius 1 is 1.12 bits per heavy atom. The number of likely N-dealkylation sites (tertiary alicyclic amines) is 1. The van der Waals surface area contributed by atoms with E-state index in [1.165, 1.54) is 0 Å². The minimum absolute atomic E-state index is 0.0816. The lowest BCUT2D eigenvalue weighted by molar-refractivity contribution is -0.187. The van der Waals surface area contributed by atoms with Gasteiger partial charge in [0.1, 0.15) is 11.7 Å². The van der Waals surface area contributed by atoms with Crippen molar-refractivity contribution in [2.45, 2.75) is 92.6 Å². The number of benzene rings is 1. The van der Waals surface area contributed by atoms with E-state index in [1.807, 2.05) is 24.3 Å². The van der Waals surface area contributed by atoms with Crippen LogP contribution in [0.4, 0.5) is 0 Å². The molecule has 1 unspecified atom stereocenters. The number of aromatic nitrogens is 1. The molecule has 2 aromatic rings. The van der Waals surface area contributed by atoms with Crippen molar-refractivity contribution < 1.29 is 25.2 Å². The third-order valence-electron chi connectivity index (χ3n) is 11.9. The summed E-state index contributed by atoms with van der Waals surface area (Å²) in [6.07, 6.45) is 8.90. The second-order valence-corrected chi connectivity index (χ2v) is 13.6. The van der Waals surface area contributed by atoms with E-state index in [1.54, 1.807) is 12.4 Å². The Morgan fingerprint density at radius 2 is 1.98 bits per heavy atom. The van der Waals surface area contributed by atoms with Crippen LogP contribution in [0.15, 0.2) is 60.0 Å². The Kier molecular flexibility index (Phi) is 5.25. The third-order valence-corrected chi connectivity index (χ3v) is 11.9. The van der Waals surface area contributed by atoms with Crippen molar-refractivity contribution in [3.63, 3.8) is 0 Å². The molecule has 3 aliphatic heterocycles. The van der Waals surface area contributed by atoms with Gasteiger partial charge in [0, 0.05) is 54.3 Å². The van der Waals surface area contributed by atoms with Crippen LogP contribution in [0.2, 0.25) is 0 Å². The fraction of sp³-hybridized carbons (Fsp3) is 0.594. The normalized spacial score (nSPS) is 48.0. The molecule has 6 aliphatic rings. The van der Waals surface area contributed by atoms with Crippen molar-refractivity contribution in [1.29, 1.82) is 0 Å². The third kappa shape index (κ3) is 3.03. The molecule has 1 aromatic carbocycles. The van der Waals surface area contributed by atoms with Gasteiger partial charge >= 0.3 is 0 Å². The Labute approximate surface area is 234 Å². The molecular weight excluding hydrogens is 506 g/mol. The molecular formula is C32H39N3O5. The number of hydrogen-bond donors (Lipinski definition) is 5. The summed E-state index contributed by atoms with van der Waals surface area (Å²) in [4.78, 5) is 6.49. The van der Waals surface area contributed by atoms with E-state index in [9.17, 15) is 20.4 Å². The van der Waals surface area contributed by atoms with Crippen molar-refractivity contribution in [1.82, 2.24) is 9.88 Å². The van der Waals surface area contributed by atoms with Crippen LogP contribution in [-0.4, -0.2) is 85.0 Å². The topological polar surface area (TPSA) is 132 Å². The van der Waals surface area contributed by atoms with Crippen LogP contribution in [0.1, 0.15) is 51.0 Å². The molecule has 2 saturated carbocycles. The Morgan fingerprint density at radius 3 is 2.77 bits per heavy atom. The largest absolute Gasteiger partial charge is 0.390 e. The molecule has 0 amide bonds. The maximum atomic E-state index is 12.5. The van der Waals surface area contributed by atoms with Gasteiger partial charge in [-0.3, -0.25) is 9.88 Å². The first-order valence-electron chi connectivity index (χ1n) is 14.8. The summed E-state index contributed by atoms with van der Waals surface area (Å²) in [6, 6.07) is 7.70. The molecule has 4 fully saturated rings. The molecule has 2 saturated heterocycles. The standard InChI is InChI=1S/C32H39N3O5/c1-29-7-4-20-13-23-27(37)28(38)24(35-11-6-22(33)17-35)15-30(23)8-9-31(20,40-30)25(29)14-26(36)32(29,39)21-3-2-18-5-10-34-16-19(18)12-21/h2-5,10,12-13,16,22,24-28,36-39H,6-9,11,14-15,17,33H2,1H3/t22-,24+,25-,26-,27-,28-,29+,30-,31?,32-/m1/s1. The number of fused-ring (bicyclic) bond motifs is 2. The number of nitrogens with two attached hydrogens (primary N) is 1. The lowest BCUT2D eigenvalue weighted by Gasteiger charge is -2.57. The molecule has 40 heavy (non-hydrogen) atoms. The van der Waals surface area contributed by atoms with Gasteiger partial charge < -0.3 is 30.9 Å². The van der Waals surface area contributed by atoms with Crippen LogP contribution in [0.3, 0.4) is 0 Å². The van der Waals surface area contributed by atoms with Crippen LogP contribution in [0.25, 0.3) is 10.8 Å².